The summed E-state index contributed by atoms with van der Waals surface area (Å²) in [5.74, 6) is -0.566. The third-order valence-corrected chi connectivity index (χ3v) is 6.71. The summed E-state index contributed by atoms with van der Waals surface area (Å²) in [5, 5.41) is 0.847. The molecule has 0 saturated carbocycles. The molecule has 8 nitrogen and oxygen atoms in total. The van der Waals surface area contributed by atoms with Crippen LogP contribution in [0.25, 0.3) is 21.8 Å². The van der Waals surface area contributed by atoms with Gasteiger partial charge in [-0.05, 0) is 38.0 Å². The van der Waals surface area contributed by atoms with Crippen LogP contribution in [0.5, 0.6) is 0 Å². The van der Waals surface area contributed by atoms with E-state index in [1.807, 2.05) is 0 Å². The van der Waals surface area contributed by atoms with E-state index in [1.165, 1.54) is 22.6 Å². The van der Waals surface area contributed by atoms with E-state index in [9.17, 15) is 18.0 Å². The lowest BCUT2D eigenvalue weighted by molar-refractivity contribution is 0.0529. The third kappa shape index (κ3) is 2.83. The number of pyridine rings is 1. The van der Waals surface area contributed by atoms with Gasteiger partial charge in [0, 0.05) is 35.6 Å². The number of esters is 1. The van der Waals surface area contributed by atoms with Crippen LogP contribution in [0.3, 0.4) is 0 Å². The highest BCUT2D eigenvalue weighted by molar-refractivity contribution is 7.89. The number of carbonyl (C=O) groups excluding carboxylic acids is 1. The van der Waals surface area contributed by atoms with Crippen molar-refractivity contribution < 1.29 is 17.9 Å². The molecule has 4 rings (SSSR count). The molecule has 2 aromatic heterocycles. The van der Waals surface area contributed by atoms with Crippen LogP contribution >= 0.6 is 0 Å². The number of ether oxygens (including phenoxy) is 1. The molecular weight excluding hydrogens is 370 g/mol. The zero-order valence-electron chi connectivity index (χ0n) is 14.7. The molecule has 0 atom stereocenters. The monoisotopic (exact) mass is 389 g/mol. The van der Waals surface area contributed by atoms with Crippen LogP contribution in [-0.4, -0.2) is 48.4 Å². The predicted molar refractivity (Wildman–Crippen MR) is 100 cm³/mol. The topological polar surface area (TPSA) is 112 Å². The minimum absolute atomic E-state index is 0.140. The highest BCUT2D eigenvalue weighted by Crippen LogP contribution is 2.29. The molecule has 0 radical (unpaired) electrons. The van der Waals surface area contributed by atoms with Gasteiger partial charge in [-0.25, -0.2) is 13.2 Å². The van der Waals surface area contributed by atoms with E-state index in [-0.39, 0.29) is 28.1 Å². The summed E-state index contributed by atoms with van der Waals surface area (Å²) < 4.78 is 32.3. The van der Waals surface area contributed by atoms with E-state index in [0.29, 0.717) is 29.4 Å². The van der Waals surface area contributed by atoms with Gasteiger partial charge in [0.05, 0.1) is 17.1 Å². The van der Waals surface area contributed by atoms with Crippen LogP contribution in [0.15, 0.2) is 34.1 Å². The Morgan fingerprint density at radius 3 is 2.70 bits per heavy atom. The predicted octanol–water partition coefficient (Wildman–Crippen LogP) is 1.97. The van der Waals surface area contributed by atoms with Crippen molar-refractivity contribution in [3.8, 4) is 0 Å². The molecule has 0 bridgehead atoms. The van der Waals surface area contributed by atoms with Gasteiger partial charge >= 0.3 is 5.97 Å². The van der Waals surface area contributed by atoms with E-state index >= 15 is 0 Å². The van der Waals surface area contributed by atoms with E-state index in [0.717, 1.165) is 12.8 Å². The van der Waals surface area contributed by atoms with Gasteiger partial charge in [0.15, 0.2) is 0 Å². The van der Waals surface area contributed by atoms with Crippen LogP contribution in [0.2, 0.25) is 0 Å². The van der Waals surface area contributed by atoms with Crippen LogP contribution in [0, 0.1) is 0 Å². The number of hydrogen-bond donors (Lipinski definition) is 2. The minimum Gasteiger partial charge on any atom is -0.462 e. The Morgan fingerprint density at radius 2 is 2.00 bits per heavy atom. The largest absolute Gasteiger partial charge is 0.462 e. The first-order valence-corrected chi connectivity index (χ1v) is 10.2. The average Bonchev–Trinajstić information content (AvgIpc) is 3.32. The van der Waals surface area contributed by atoms with Gasteiger partial charge in [-0.15, -0.1) is 0 Å². The van der Waals surface area contributed by atoms with Crippen LogP contribution < -0.4 is 5.56 Å². The van der Waals surface area contributed by atoms with E-state index < -0.39 is 16.0 Å². The second-order valence-electron chi connectivity index (χ2n) is 6.45. The average molecular weight is 389 g/mol. The van der Waals surface area contributed by atoms with Crippen molar-refractivity contribution in [1.82, 2.24) is 14.3 Å². The van der Waals surface area contributed by atoms with Gasteiger partial charge in [-0.3, -0.25) is 4.79 Å². The Morgan fingerprint density at radius 1 is 1.26 bits per heavy atom. The summed E-state index contributed by atoms with van der Waals surface area (Å²) in [4.78, 5) is 30.3. The molecule has 3 aromatic rings. The number of aromatic nitrogens is 2. The molecule has 2 N–H and O–H groups in total. The van der Waals surface area contributed by atoms with Crippen molar-refractivity contribution in [2.75, 3.05) is 19.7 Å². The summed E-state index contributed by atoms with van der Waals surface area (Å²) in [6, 6.07) is 4.55. The van der Waals surface area contributed by atoms with Crippen molar-refractivity contribution in [3.63, 3.8) is 0 Å². The Labute approximate surface area is 155 Å². The molecule has 1 fully saturated rings. The number of H-pyrrole nitrogens is 2. The highest BCUT2D eigenvalue weighted by atomic mass is 32.2. The molecule has 0 amide bonds. The molecule has 1 aliphatic rings. The lowest BCUT2D eigenvalue weighted by Crippen LogP contribution is -2.27. The number of carbonyl (C=O) groups is 1. The first kappa shape index (κ1) is 17.7. The Balaban J connectivity index is 1.98. The van der Waals surface area contributed by atoms with Crippen molar-refractivity contribution in [3.05, 3.63) is 40.3 Å². The Kier molecular flexibility index (Phi) is 4.27. The van der Waals surface area contributed by atoms with Gasteiger partial charge in [0.1, 0.15) is 5.52 Å². The summed E-state index contributed by atoms with van der Waals surface area (Å²) in [7, 11) is -3.62. The molecule has 27 heavy (non-hydrogen) atoms. The second-order valence-corrected chi connectivity index (χ2v) is 8.38. The molecule has 1 saturated heterocycles. The maximum absolute atomic E-state index is 12.9. The van der Waals surface area contributed by atoms with Gasteiger partial charge in [-0.2, -0.15) is 4.31 Å². The van der Waals surface area contributed by atoms with Gasteiger partial charge in [-0.1, -0.05) is 0 Å². The van der Waals surface area contributed by atoms with Crippen LogP contribution in [0.4, 0.5) is 0 Å². The Hall–Kier alpha value is -2.65. The number of benzene rings is 1. The number of nitrogens with one attached hydrogen (secondary N) is 2. The number of rotatable bonds is 4. The lowest BCUT2D eigenvalue weighted by atomic mass is 10.1. The molecule has 0 unspecified atom stereocenters. The first-order chi connectivity index (χ1) is 12.9. The van der Waals surface area contributed by atoms with Gasteiger partial charge < -0.3 is 14.7 Å². The van der Waals surface area contributed by atoms with Crippen molar-refractivity contribution in [1.29, 1.82) is 0 Å². The SMILES string of the molecule is CCOC(=O)c1c[nH]c2c(=O)[nH]c3ccc(S(=O)(=O)N4CCCC4)cc3c12. The smallest absolute Gasteiger partial charge is 0.340 e. The number of fused-ring (bicyclic) bond motifs is 3. The van der Waals surface area contributed by atoms with Crippen molar-refractivity contribution in [2.24, 2.45) is 0 Å². The lowest BCUT2D eigenvalue weighted by Gasteiger charge is -2.16. The van der Waals surface area contributed by atoms with E-state index in [2.05, 4.69) is 9.97 Å². The summed E-state index contributed by atoms with van der Waals surface area (Å²) in [6.07, 6.45) is 3.10. The standard InChI is InChI=1S/C18H19N3O5S/c1-2-26-18(23)13-10-19-16-15(13)12-9-11(5-6-14(12)20-17(16)22)27(24,25)21-7-3-4-8-21/h5-6,9-10,19H,2-4,7-8H2,1H3,(H,20,22). The molecular formula is C18H19N3O5S. The van der Waals surface area contributed by atoms with Crippen LogP contribution in [-0.2, 0) is 14.8 Å². The fraction of sp³-hybridized carbons (Fsp3) is 0.333. The summed E-state index contributed by atoms with van der Waals surface area (Å²) in [5.41, 5.74) is 0.487. The molecule has 1 aliphatic heterocycles. The quantitative estimate of drug-likeness (QED) is 0.663. The molecule has 0 aliphatic carbocycles. The van der Waals surface area contributed by atoms with Gasteiger partial charge in [0.25, 0.3) is 5.56 Å². The molecule has 0 spiro atoms. The van der Waals surface area contributed by atoms with Crippen molar-refractivity contribution in [2.45, 2.75) is 24.7 Å². The van der Waals surface area contributed by atoms with E-state index in [4.69, 9.17) is 4.74 Å². The highest BCUT2D eigenvalue weighted by Gasteiger charge is 2.28. The zero-order valence-corrected chi connectivity index (χ0v) is 15.6. The zero-order chi connectivity index (χ0) is 19.2. The maximum atomic E-state index is 12.9. The fourth-order valence-corrected chi connectivity index (χ4v) is 5.06. The first-order valence-electron chi connectivity index (χ1n) is 8.78. The minimum atomic E-state index is -3.62. The number of sulfonamides is 1. The normalized spacial score (nSPS) is 15.6. The van der Waals surface area contributed by atoms with Crippen molar-refractivity contribution >= 4 is 37.8 Å². The number of aromatic amines is 2. The molecule has 3 heterocycles. The van der Waals surface area contributed by atoms with E-state index in [1.54, 1.807) is 13.0 Å². The Bertz CT molecular complexity index is 1200. The fourth-order valence-electron chi connectivity index (χ4n) is 3.51. The molecule has 142 valence electrons. The van der Waals surface area contributed by atoms with Crippen LogP contribution in [0.1, 0.15) is 30.1 Å². The molecule has 1 aromatic carbocycles. The number of nitrogens with zero attached hydrogens (tertiary/aromatic N) is 1. The molecule has 9 heteroatoms. The summed E-state index contributed by atoms with van der Waals surface area (Å²) in [6.45, 7) is 2.89. The van der Waals surface area contributed by atoms with Gasteiger partial charge in [0.2, 0.25) is 10.0 Å². The number of hydrogen-bond acceptors (Lipinski definition) is 5. The maximum Gasteiger partial charge on any atom is 0.340 e. The second kappa shape index (κ2) is 6.50. The third-order valence-electron chi connectivity index (χ3n) is 4.81. The summed E-state index contributed by atoms with van der Waals surface area (Å²) >= 11 is 0.